The van der Waals surface area contributed by atoms with Crippen LogP contribution in [0.25, 0.3) is 0 Å². The number of aliphatic hydroxyl groups is 1. The summed E-state index contributed by atoms with van der Waals surface area (Å²) in [7, 11) is 0. The second-order valence-corrected chi connectivity index (χ2v) is 9.54. The summed E-state index contributed by atoms with van der Waals surface area (Å²) in [6, 6.07) is 9.54. The predicted octanol–water partition coefficient (Wildman–Crippen LogP) is 5.03. The fourth-order valence-electron chi connectivity index (χ4n) is 2.46. The number of hydrogen-bond donors (Lipinski definition) is 3. The molecule has 5 nitrogen and oxygen atoms in total. The van der Waals surface area contributed by atoms with Gasteiger partial charge in [0, 0.05) is 23.3 Å². The van der Waals surface area contributed by atoms with Crippen molar-refractivity contribution in [3.63, 3.8) is 0 Å². The molecule has 0 atom stereocenters. The van der Waals surface area contributed by atoms with Crippen LogP contribution in [0.3, 0.4) is 0 Å². The Labute approximate surface area is 167 Å². The number of phenolic OH excluding ortho intramolecular Hbond substituents is 2. The number of phenols is 2. The Morgan fingerprint density at radius 1 is 0.714 bits per heavy atom. The van der Waals surface area contributed by atoms with Gasteiger partial charge < -0.3 is 24.8 Å². The number of aromatic hydroxyl groups is 2. The van der Waals surface area contributed by atoms with Gasteiger partial charge in [0.05, 0.1) is 13.2 Å². The van der Waals surface area contributed by atoms with E-state index in [9.17, 15) is 15.3 Å². The van der Waals surface area contributed by atoms with Gasteiger partial charge in [0.2, 0.25) is 0 Å². The Hall–Kier alpha value is -2.40. The van der Waals surface area contributed by atoms with E-state index in [0.717, 1.165) is 0 Å². The van der Waals surface area contributed by atoms with Crippen LogP contribution in [0.15, 0.2) is 36.4 Å². The van der Waals surface area contributed by atoms with E-state index in [0.29, 0.717) is 35.8 Å². The average Bonchev–Trinajstić information content (AvgIpc) is 2.56. The first-order valence-electron chi connectivity index (χ1n) is 9.45. The zero-order valence-electron chi connectivity index (χ0n) is 17.6. The second kappa shape index (κ2) is 8.31. The van der Waals surface area contributed by atoms with Gasteiger partial charge in [-0.05, 0) is 35.1 Å². The van der Waals surface area contributed by atoms with Gasteiger partial charge in [-0.15, -0.1) is 0 Å². The smallest absolute Gasteiger partial charge is 0.125 e. The van der Waals surface area contributed by atoms with Gasteiger partial charge in [0.1, 0.15) is 29.1 Å². The van der Waals surface area contributed by atoms with E-state index in [-0.39, 0.29) is 22.3 Å². The van der Waals surface area contributed by atoms with Crippen LogP contribution in [0.5, 0.6) is 23.0 Å². The average molecular weight is 389 g/mol. The Kier molecular flexibility index (Phi) is 6.50. The molecule has 28 heavy (non-hydrogen) atoms. The van der Waals surface area contributed by atoms with Crippen molar-refractivity contribution >= 4 is 0 Å². The molecule has 0 aliphatic carbocycles. The Balaban J connectivity index is 2.15. The first-order chi connectivity index (χ1) is 12.9. The monoisotopic (exact) mass is 388 g/mol. The molecule has 2 rings (SSSR count). The molecule has 0 amide bonds. The van der Waals surface area contributed by atoms with Crippen molar-refractivity contribution < 1.29 is 24.8 Å². The molecule has 0 heterocycles. The molecule has 5 heteroatoms. The second-order valence-electron chi connectivity index (χ2n) is 9.54. The molecule has 0 aromatic heterocycles. The Morgan fingerprint density at radius 3 is 1.36 bits per heavy atom. The predicted molar refractivity (Wildman–Crippen MR) is 110 cm³/mol. The molecule has 154 valence electrons. The minimum absolute atomic E-state index is 0.00357. The maximum Gasteiger partial charge on any atom is 0.125 e. The molecular formula is C23H32O5. The highest BCUT2D eigenvalue weighted by molar-refractivity contribution is 5.49. The molecule has 2 aromatic carbocycles. The minimum atomic E-state index is -1.17. The lowest BCUT2D eigenvalue weighted by atomic mass is 9.98. The molecule has 3 N–H and O–H groups in total. The van der Waals surface area contributed by atoms with E-state index in [1.165, 1.54) is 12.1 Å². The molecular weight excluding hydrogens is 356 g/mol. The number of rotatable bonds is 6. The Morgan fingerprint density at radius 2 is 1.07 bits per heavy atom. The van der Waals surface area contributed by atoms with Crippen LogP contribution >= 0.6 is 0 Å². The van der Waals surface area contributed by atoms with Crippen molar-refractivity contribution in [3.05, 3.63) is 47.5 Å². The molecule has 2 aromatic rings. The molecule has 0 saturated heterocycles. The number of benzene rings is 2. The summed E-state index contributed by atoms with van der Waals surface area (Å²) >= 11 is 0. The van der Waals surface area contributed by atoms with E-state index in [1.807, 2.05) is 0 Å². The third-order valence-electron chi connectivity index (χ3n) is 3.94. The van der Waals surface area contributed by atoms with Crippen molar-refractivity contribution in [2.24, 2.45) is 10.8 Å². The summed E-state index contributed by atoms with van der Waals surface area (Å²) in [5.74, 6) is 0.870. The SMILES string of the molecule is CC(C)(C)COc1ccc(C(O)c2ccc(OCC(C)(C)C)cc2O)c(O)c1. The molecule has 0 bridgehead atoms. The van der Waals surface area contributed by atoms with E-state index in [2.05, 4.69) is 41.5 Å². The lowest BCUT2D eigenvalue weighted by Gasteiger charge is -2.21. The van der Waals surface area contributed by atoms with Crippen molar-refractivity contribution in [2.45, 2.75) is 47.6 Å². The van der Waals surface area contributed by atoms with Gasteiger partial charge in [-0.3, -0.25) is 0 Å². The van der Waals surface area contributed by atoms with E-state index < -0.39 is 6.10 Å². The summed E-state index contributed by atoms with van der Waals surface area (Å²) < 4.78 is 11.4. The highest BCUT2D eigenvalue weighted by atomic mass is 16.5. The van der Waals surface area contributed by atoms with Gasteiger partial charge in [0.15, 0.2) is 0 Å². The Bertz CT molecular complexity index is 732. The van der Waals surface area contributed by atoms with Crippen molar-refractivity contribution in [2.75, 3.05) is 13.2 Å². The molecule has 0 saturated carbocycles. The highest BCUT2D eigenvalue weighted by Crippen LogP contribution is 2.37. The van der Waals surface area contributed by atoms with Gasteiger partial charge >= 0.3 is 0 Å². The van der Waals surface area contributed by atoms with Crippen LogP contribution in [0.1, 0.15) is 58.8 Å². The third-order valence-corrected chi connectivity index (χ3v) is 3.94. The van der Waals surface area contributed by atoms with Crippen molar-refractivity contribution in [1.29, 1.82) is 0 Å². The standard InChI is InChI=1S/C23H32O5/c1-22(2,3)13-27-15-7-9-17(19(24)11-15)21(26)18-10-8-16(12-20(18)25)28-14-23(4,5)6/h7-12,21,24-26H,13-14H2,1-6H3. The zero-order valence-corrected chi connectivity index (χ0v) is 17.6. The molecule has 0 aliphatic rings. The van der Waals surface area contributed by atoms with E-state index in [1.54, 1.807) is 24.3 Å². The summed E-state index contributed by atoms with van der Waals surface area (Å²) in [6.45, 7) is 13.4. The van der Waals surface area contributed by atoms with Gasteiger partial charge in [0.25, 0.3) is 0 Å². The normalized spacial score (nSPS) is 12.3. The minimum Gasteiger partial charge on any atom is -0.507 e. The van der Waals surface area contributed by atoms with Gasteiger partial charge in [-0.2, -0.15) is 0 Å². The lowest BCUT2D eigenvalue weighted by Crippen LogP contribution is -2.17. The first-order valence-corrected chi connectivity index (χ1v) is 9.45. The maximum atomic E-state index is 10.7. The summed E-state index contributed by atoms with van der Waals surface area (Å²) in [4.78, 5) is 0. The molecule has 0 aliphatic heterocycles. The van der Waals surface area contributed by atoms with Crippen LogP contribution in [-0.2, 0) is 0 Å². The van der Waals surface area contributed by atoms with Crippen LogP contribution in [0, 0.1) is 10.8 Å². The number of aliphatic hydroxyl groups excluding tert-OH is 1. The zero-order chi connectivity index (χ0) is 21.1. The number of ether oxygens (including phenoxy) is 2. The summed E-state index contributed by atoms with van der Waals surface area (Å²) in [5.41, 5.74) is 0.579. The number of hydrogen-bond acceptors (Lipinski definition) is 5. The largest absolute Gasteiger partial charge is 0.507 e. The van der Waals surface area contributed by atoms with Crippen LogP contribution in [-0.4, -0.2) is 28.5 Å². The third kappa shape index (κ3) is 6.34. The molecule has 0 fully saturated rings. The van der Waals surface area contributed by atoms with Crippen LogP contribution < -0.4 is 9.47 Å². The fraction of sp³-hybridized carbons (Fsp3) is 0.478. The summed E-state index contributed by atoms with van der Waals surface area (Å²) in [6.07, 6.45) is -1.17. The topological polar surface area (TPSA) is 79.2 Å². The van der Waals surface area contributed by atoms with Crippen LogP contribution in [0.4, 0.5) is 0 Å². The highest BCUT2D eigenvalue weighted by Gasteiger charge is 2.20. The van der Waals surface area contributed by atoms with Gasteiger partial charge in [-0.1, -0.05) is 41.5 Å². The van der Waals surface area contributed by atoms with Crippen LogP contribution in [0.2, 0.25) is 0 Å². The molecule has 0 unspecified atom stereocenters. The summed E-state index contributed by atoms with van der Waals surface area (Å²) in [5, 5.41) is 31.3. The van der Waals surface area contributed by atoms with Crippen molar-refractivity contribution in [1.82, 2.24) is 0 Å². The van der Waals surface area contributed by atoms with Gasteiger partial charge in [-0.25, -0.2) is 0 Å². The first kappa shape index (κ1) is 21.9. The van der Waals surface area contributed by atoms with Crippen molar-refractivity contribution in [3.8, 4) is 23.0 Å². The maximum absolute atomic E-state index is 10.7. The lowest BCUT2D eigenvalue weighted by molar-refractivity contribution is 0.194. The molecule has 0 spiro atoms. The van der Waals surface area contributed by atoms with E-state index >= 15 is 0 Å². The van der Waals surface area contributed by atoms with E-state index in [4.69, 9.17) is 9.47 Å². The molecule has 0 radical (unpaired) electrons. The fourth-order valence-corrected chi connectivity index (χ4v) is 2.46. The quantitative estimate of drug-likeness (QED) is 0.647.